The first-order valence-corrected chi connectivity index (χ1v) is 9.39. The van der Waals surface area contributed by atoms with Crippen LogP contribution in [0, 0.1) is 6.92 Å². The summed E-state index contributed by atoms with van der Waals surface area (Å²) in [4.78, 5) is 24.1. The smallest absolute Gasteiger partial charge is 0.273 e. The SMILES string of the molecule is COCCNC(=O)c1cc(COc2ccc(NC(=O)c3ccc(C)cc3)cc2)on1. The first-order valence-electron chi connectivity index (χ1n) is 9.39. The van der Waals surface area contributed by atoms with Gasteiger partial charge in [-0.1, -0.05) is 22.9 Å². The minimum atomic E-state index is -0.337. The molecule has 0 radical (unpaired) electrons. The van der Waals surface area contributed by atoms with Crippen LogP contribution in [0.3, 0.4) is 0 Å². The van der Waals surface area contributed by atoms with Gasteiger partial charge >= 0.3 is 0 Å². The number of ether oxygens (including phenoxy) is 2. The van der Waals surface area contributed by atoms with Gasteiger partial charge in [-0.2, -0.15) is 0 Å². The topological polar surface area (TPSA) is 103 Å². The lowest BCUT2D eigenvalue weighted by molar-refractivity contribution is 0.0927. The number of nitrogens with zero attached hydrogens (tertiary/aromatic N) is 1. The number of anilines is 1. The van der Waals surface area contributed by atoms with Crippen molar-refractivity contribution in [3.05, 3.63) is 77.2 Å². The van der Waals surface area contributed by atoms with Gasteiger partial charge in [0.1, 0.15) is 12.4 Å². The Labute approximate surface area is 174 Å². The van der Waals surface area contributed by atoms with Gasteiger partial charge < -0.3 is 24.6 Å². The highest BCUT2D eigenvalue weighted by molar-refractivity contribution is 6.04. The summed E-state index contributed by atoms with van der Waals surface area (Å²) in [5, 5.41) is 9.23. The predicted molar refractivity (Wildman–Crippen MR) is 111 cm³/mol. The minimum Gasteiger partial charge on any atom is -0.486 e. The molecule has 2 aromatic carbocycles. The quantitative estimate of drug-likeness (QED) is 0.526. The van der Waals surface area contributed by atoms with Crippen LogP contribution in [-0.2, 0) is 11.3 Å². The maximum atomic E-state index is 12.3. The fourth-order valence-electron chi connectivity index (χ4n) is 2.54. The minimum absolute atomic E-state index is 0.118. The summed E-state index contributed by atoms with van der Waals surface area (Å²) < 4.78 is 15.6. The zero-order valence-electron chi connectivity index (χ0n) is 16.8. The van der Waals surface area contributed by atoms with Gasteiger partial charge in [-0.25, -0.2) is 0 Å². The van der Waals surface area contributed by atoms with Crippen molar-refractivity contribution in [3.8, 4) is 5.75 Å². The molecule has 8 nitrogen and oxygen atoms in total. The number of aryl methyl sites for hydroxylation is 1. The molecule has 2 amide bonds. The molecule has 0 aliphatic carbocycles. The Morgan fingerprint density at radius 1 is 1.03 bits per heavy atom. The number of carbonyl (C=O) groups is 2. The molecule has 0 aliphatic heterocycles. The van der Waals surface area contributed by atoms with Gasteiger partial charge in [0, 0.05) is 31.0 Å². The molecule has 30 heavy (non-hydrogen) atoms. The lowest BCUT2D eigenvalue weighted by atomic mass is 10.1. The highest BCUT2D eigenvalue weighted by Crippen LogP contribution is 2.18. The highest BCUT2D eigenvalue weighted by atomic mass is 16.5. The first-order chi connectivity index (χ1) is 14.5. The Morgan fingerprint density at radius 2 is 1.77 bits per heavy atom. The Balaban J connectivity index is 1.49. The lowest BCUT2D eigenvalue weighted by Gasteiger charge is -2.07. The van der Waals surface area contributed by atoms with E-state index in [1.165, 1.54) is 6.07 Å². The Kier molecular flexibility index (Phi) is 7.18. The lowest BCUT2D eigenvalue weighted by Crippen LogP contribution is -2.27. The van der Waals surface area contributed by atoms with Gasteiger partial charge in [0.05, 0.1) is 6.61 Å². The van der Waals surface area contributed by atoms with Crippen molar-refractivity contribution in [2.45, 2.75) is 13.5 Å². The van der Waals surface area contributed by atoms with Crippen LogP contribution in [0.25, 0.3) is 0 Å². The monoisotopic (exact) mass is 409 g/mol. The molecule has 0 fully saturated rings. The zero-order valence-corrected chi connectivity index (χ0v) is 16.8. The average Bonchev–Trinajstić information content (AvgIpc) is 3.23. The van der Waals surface area contributed by atoms with Crippen molar-refractivity contribution in [3.63, 3.8) is 0 Å². The van der Waals surface area contributed by atoms with Crippen LogP contribution in [0.4, 0.5) is 5.69 Å². The Hall–Kier alpha value is -3.65. The van der Waals surface area contributed by atoms with Gasteiger partial charge in [0.25, 0.3) is 11.8 Å². The molecule has 2 N–H and O–H groups in total. The van der Waals surface area contributed by atoms with E-state index in [4.69, 9.17) is 14.0 Å². The Bertz CT molecular complexity index is 981. The third-order valence-electron chi connectivity index (χ3n) is 4.19. The summed E-state index contributed by atoms with van der Waals surface area (Å²) in [7, 11) is 1.56. The van der Waals surface area contributed by atoms with Crippen LogP contribution in [0.2, 0.25) is 0 Å². The number of methoxy groups -OCH3 is 1. The summed E-state index contributed by atoms with van der Waals surface area (Å²) in [5.74, 6) is 0.492. The molecule has 0 aliphatic rings. The van der Waals surface area contributed by atoms with Crippen molar-refractivity contribution in [1.29, 1.82) is 0 Å². The van der Waals surface area contributed by atoms with E-state index in [9.17, 15) is 9.59 Å². The molecule has 156 valence electrons. The van der Waals surface area contributed by atoms with Crippen molar-refractivity contribution in [2.24, 2.45) is 0 Å². The number of nitrogens with one attached hydrogen (secondary N) is 2. The largest absolute Gasteiger partial charge is 0.486 e. The van der Waals surface area contributed by atoms with Crippen molar-refractivity contribution in [1.82, 2.24) is 10.5 Å². The first kappa shape index (κ1) is 21.1. The second-order valence-electron chi connectivity index (χ2n) is 6.56. The number of rotatable bonds is 9. The maximum Gasteiger partial charge on any atom is 0.273 e. The maximum absolute atomic E-state index is 12.3. The van der Waals surface area contributed by atoms with Crippen LogP contribution in [0.15, 0.2) is 59.1 Å². The van der Waals surface area contributed by atoms with Gasteiger partial charge in [0.15, 0.2) is 11.5 Å². The summed E-state index contributed by atoms with van der Waals surface area (Å²) >= 11 is 0. The van der Waals surface area contributed by atoms with E-state index in [1.807, 2.05) is 19.1 Å². The molecule has 0 saturated heterocycles. The molecule has 0 unspecified atom stereocenters. The van der Waals surface area contributed by atoms with Crippen LogP contribution in [0.5, 0.6) is 5.75 Å². The van der Waals surface area contributed by atoms with E-state index < -0.39 is 0 Å². The number of carbonyl (C=O) groups excluding carboxylic acids is 2. The second kappa shape index (κ2) is 10.2. The van der Waals surface area contributed by atoms with Crippen LogP contribution in [-0.4, -0.2) is 37.2 Å². The van der Waals surface area contributed by atoms with E-state index in [2.05, 4.69) is 15.8 Å². The van der Waals surface area contributed by atoms with E-state index in [0.29, 0.717) is 35.9 Å². The fraction of sp³-hybridized carbons (Fsp3) is 0.227. The number of hydrogen-bond donors (Lipinski definition) is 2. The van der Waals surface area contributed by atoms with Gasteiger partial charge in [-0.15, -0.1) is 0 Å². The fourth-order valence-corrected chi connectivity index (χ4v) is 2.54. The van der Waals surface area contributed by atoms with Crippen LogP contribution < -0.4 is 15.4 Å². The molecular formula is C22H23N3O5. The average molecular weight is 409 g/mol. The molecule has 0 spiro atoms. The van der Waals surface area contributed by atoms with Crippen molar-refractivity contribution < 1.29 is 23.6 Å². The number of aromatic nitrogens is 1. The molecule has 0 bridgehead atoms. The standard InChI is InChI=1S/C22H23N3O5/c1-15-3-5-16(6-4-15)21(26)24-17-7-9-18(10-8-17)29-14-19-13-20(25-30-19)22(27)23-11-12-28-2/h3-10,13H,11-12,14H2,1-2H3,(H,23,27)(H,24,26). The van der Waals surface area contributed by atoms with Gasteiger partial charge in [0.2, 0.25) is 0 Å². The summed E-state index contributed by atoms with van der Waals surface area (Å²) in [6, 6.07) is 15.8. The van der Waals surface area contributed by atoms with E-state index in [1.54, 1.807) is 43.5 Å². The number of hydrogen-bond acceptors (Lipinski definition) is 6. The molecule has 0 saturated carbocycles. The van der Waals surface area contributed by atoms with Gasteiger partial charge in [-0.05, 0) is 43.3 Å². The molecule has 0 atom stereocenters. The predicted octanol–water partition coefficient (Wildman–Crippen LogP) is 3.19. The van der Waals surface area contributed by atoms with E-state index in [-0.39, 0.29) is 24.1 Å². The third kappa shape index (κ3) is 5.92. The van der Waals surface area contributed by atoms with E-state index >= 15 is 0 Å². The Morgan fingerprint density at radius 3 is 2.47 bits per heavy atom. The summed E-state index contributed by atoms with van der Waals surface area (Å²) in [6.45, 7) is 2.90. The van der Waals surface area contributed by atoms with Crippen LogP contribution >= 0.6 is 0 Å². The van der Waals surface area contributed by atoms with Crippen LogP contribution in [0.1, 0.15) is 32.2 Å². The molecule has 1 heterocycles. The summed E-state index contributed by atoms with van der Waals surface area (Å²) in [5.41, 5.74) is 2.52. The van der Waals surface area contributed by atoms with E-state index in [0.717, 1.165) is 5.56 Å². The number of amides is 2. The third-order valence-corrected chi connectivity index (χ3v) is 4.19. The normalized spacial score (nSPS) is 10.5. The van der Waals surface area contributed by atoms with Gasteiger partial charge in [-0.3, -0.25) is 9.59 Å². The molecule has 1 aromatic heterocycles. The molecule has 8 heteroatoms. The number of benzene rings is 2. The molecule has 3 rings (SSSR count). The summed E-state index contributed by atoms with van der Waals surface area (Å²) in [6.07, 6.45) is 0. The van der Waals surface area contributed by atoms with Crippen molar-refractivity contribution >= 4 is 17.5 Å². The molecular weight excluding hydrogens is 386 g/mol. The van der Waals surface area contributed by atoms with Crippen molar-refractivity contribution in [2.75, 3.05) is 25.6 Å². The highest BCUT2D eigenvalue weighted by Gasteiger charge is 2.12. The zero-order chi connectivity index (χ0) is 21.3. The molecule has 3 aromatic rings. The second-order valence-corrected chi connectivity index (χ2v) is 6.56.